The Balaban J connectivity index is 2.23. The number of hydrogen-bond donors (Lipinski definition) is 0. The highest BCUT2D eigenvalue weighted by Gasteiger charge is 2.30. The molecule has 0 amide bonds. The van der Waals surface area contributed by atoms with E-state index in [1.165, 1.54) is 16.7 Å². The summed E-state index contributed by atoms with van der Waals surface area (Å²) in [6.07, 6.45) is 0. The van der Waals surface area contributed by atoms with Crippen LogP contribution in [-0.2, 0) is 5.41 Å². The Hall–Kier alpha value is -2.05. The molecule has 0 heterocycles. The summed E-state index contributed by atoms with van der Waals surface area (Å²) in [5, 5.41) is 0.766. The molecular formula is C20H17Cl. The van der Waals surface area contributed by atoms with Crippen LogP contribution in [0, 0.1) is 0 Å². The van der Waals surface area contributed by atoms with Gasteiger partial charge >= 0.3 is 0 Å². The molecule has 0 saturated carbocycles. The Bertz CT molecular complexity index is 660. The average molecular weight is 293 g/mol. The molecule has 0 unspecified atom stereocenters. The summed E-state index contributed by atoms with van der Waals surface area (Å²) < 4.78 is 0. The van der Waals surface area contributed by atoms with Crippen LogP contribution in [0.4, 0.5) is 0 Å². The third kappa shape index (κ3) is 2.59. The third-order valence-corrected chi connectivity index (χ3v) is 4.38. The second kappa shape index (κ2) is 5.75. The Labute approximate surface area is 131 Å². The summed E-state index contributed by atoms with van der Waals surface area (Å²) in [6, 6.07) is 29.3. The number of benzene rings is 3. The highest BCUT2D eigenvalue weighted by molar-refractivity contribution is 6.30. The van der Waals surface area contributed by atoms with Crippen molar-refractivity contribution in [3.05, 3.63) is 107 Å². The third-order valence-electron chi connectivity index (χ3n) is 4.12. The van der Waals surface area contributed by atoms with Crippen LogP contribution in [0.1, 0.15) is 23.6 Å². The molecule has 0 aromatic heterocycles. The molecule has 0 saturated heterocycles. The van der Waals surface area contributed by atoms with Crippen molar-refractivity contribution in [1.82, 2.24) is 0 Å². The van der Waals surface area contributed by atoms with Gasteiger partial charge in [-0.3, -0.25) is 0 Å². The predicted octanol–water partition coefficient (Wildman–Crippen LogP) is 5.69. The minimum Gasteiger partial charge on any atom is -0.0843 e. The lowest BCUT2D eigenvalue weighted by molar-refractivity contribution is 0.692. The van der Waals surface area contributed by atoms with E-state index in [4.69, 9.17) is 11.6 Å². The molecule has 0 radical (unpaired) electrons. The number of rotatable bonds is 3. The quantitative estimate of drug-likeness (QED) is 0.544. The monoisotopic (exact) mass is 292 g/mol. The lowest BCUT2D eigenvalue weighted by Gasteiger charge is -2.32. The van der Waals surface area contributed by atoms with Crippen LogP contribution in [0.25, 0.3) is 0 Å². The molecule has 0 fully saturated rings. The van der Waals surface area contributed by atoms with E-state index in [-0.39, 0.29) is 5.41 Å². The van der Waals surface area contributed by atoms with E-state index in [0.717, 1.165) is 5.02 Å². The topological polar surface area (TPSA) is 0 Å². The van der Waals surface area contributed by atoms with E-state index in [2.05, 4.69) is 79.7 Å². The van der Waals surface area contributed by atoms with E-state index in [9.17, 15) is 0 Å². The van der Waals surface area contributed by atoms with Crippen LogP contribution in [0.3, 0.4) is 0 Å². The molecule has 3 aromatic carbocycles. The standard InChI is InChI=1S/C20H17Cl/c1-20(16-8-4-2-5-9-16,17-10-6-3-7-11-17)18-12-14-19(21)15-13-18/h2-15H,1H3. The Morgan fingerprint density at radius 3 is 1.38 bits per heavy atom. The van der Waals surface area contributed by atoms with Crippen LogP contribution in [0.15, 0.2) is 84.9 Å². The normalized spacial score (nSPS) is 11.3. The summed E-state index contributed by atoms with van der Waals surface area (Å²) in [7, 11) is 0. The fraction of sp³-hybridized carbons (Fsp3) is 0.100. The Morgan fingerprint density at radius 2 is 0.952 bits per heavy atom. The van der Waals surface area contributed by atoms with E-state index < -0.39 is 0 Å². The van der Waals surface area contributed by atoms with Gasteiger partial charge in [0.15, 0.2) is 0 Å². The summed E-state index contributed by atoms with van der Waals surface area (Å²) in [5.41, 5.74) is 3.61. The molecule has 3 aromatic rings. The first kappa shape index (κ1) is 13.9. The maximum absolute atomic E-state index is 6.05. The van der Waals surface area contributed by atoms with Crippen molar-refractivity contribution in [1.29, 1.82) is 0 Å². The highest BCUT2D eigenvalue weighted by atomic mass is 35.5. The van der Waals surface area contributed by atoms with Crippen LogP contribution in [-0.4, -0.2) is 0 Å². The first-order chi connectivity index (χ1) is 10.2. The minimum absolute atomic E-state index is 0.187. The first-order valence-corrected chi connectivity index (χ1v) is 7.46. The second-order valence-corrected chi connectivity index (χ2v) is 5.80. The van der Waals surface area contributed by atoms with Gasteiger partial charge in [-0.15, -0.1) is 0 Å². The van der Waals surface area contributed by atoms with Gasteiger partial charge in [0.05, 0.1) is 0 Å². The van der Waals surface area contributed by atoms with Gasteiger partial charge in [0.2, 0.25) is 0 Å². The van der Waals surface area contributed by atoms with Crippen molar-refractivity contribution in [3.8, 4) is 0 Å². The molecule has 1 heteroatoms. The SMILES string of the molecule is CC(c1ccccc1)(c1ccccc1)c1ccc(Cl)cc1. The van der Waals surface area contributed by atoms with E-state index in [1.54, 1.807) is 0 Å². The Morgan fingerprint density at radius 1 is 0.571 bits per heavy atom. The molecule has 21 heavy (non-hydrogen) atoms. The largest absolute Gasteiger partial charge is 0.0843 e. The van der Waals surface area contributed by atoms with Gasteiger partial charge in [-0.25, -0.2) is 0 Å². The zero-order valence-corrected chi connectivity index (χ0v) is 12.7. The van der Waals surface area contributed by atoms with Gasteiger partial charge in [0, 0.05) is 10.4 Å². The van der Waals surface area contributed by atoms with Crippen molar-refractivity contribution >= 4 is 11.6 Å². The lowest BCUT2D eigenvalue weighted by atomic mass is 9.71. The van der Waals surface area contributed by atoms with E-state index in [0.29, 0.717) is 0 Å². The first-order valence-electron chi connectivity index (χ1n) is 7.08. The van der Waals surface area contributed by atoms with Crippen molar-refractivity contribution in [2.75, 3.05) is 0 Å². The van der Waals surface area contributed by atoms with Gasteiger partial charge in [0.1, 0.15) is 0 Å². The van der Waals surface area contributed by atoms with Crippen molar-refractivity contribution in [2.24, 2.45) is 0 Å². The molecule has 0 N–H and O–H groups in total. The van der Waals surface area contributed by atoms with Gasteiger partial charge in [-0.2, -0.15) is 0 Å². The van der Waals surface area contributed by atoms with Crippen molar-refractivity contribution in [2.45, 2.75) is 12.3 Å². The summed E-state index contributed by atoms with van der Waals surface area (Å²) >= 11 is 6.05. The smallest absolute Gasteiger partial charge is 0.0423 e. The molecule has 104 valence electrons. The van der Waals surface area contributed by atoms with Crippen molar-refractivity contribution in [3.63, 3.8) is 0 Å². The number of halogens is 1. The lowest BCUT2D eigenvalue weighted by Crippen LogP contribution is -2.25. The molecule has 3 rings (SSSR count). The van der Waals surface area contributed by atoms with E-state index in [1.807, 2.05) is 12.1 Å². The number of hydrogen-bond acceptors (Lipinski definition) is 0. The maximum Gasteiger partial charge on any atom is 0.0423 e. The van der Waals surface area contributed by atoms with Gasteiger partial charge in [-0.1, -0.05) is 84.4 Å². The van der Waals surface area contributed by atoms with Gasteiger partial charge in [0.25, 0.3) is 0 Å². The Kier molecular flexibility index (Phi) is 3.81. The maximum atomic E-state index is 6.05. The fourth-order valence-corrected chi connectivity index (χ4v) is 2.95. The molecule has 0 bridgehead atoms. The zero-order valence-electron chi connectivity index (χ0n) is 12.0. The fourth-order valence-electron chi connectivity index (χ4n) is 2.83. The van der Waals surface area contributed by atoms with Crippen molar-refractivity contribution < 1.29 is 0 Å². The molecule has 0 atom stereocenters. The van der Waals surface area contributed by atoms with Crippen LogP contribution in [0.2, 0.25) is 5.02 Å². The summed E-state index contributed by atoms with van der Waals surface area (Å²) in [5.74, 6) is 0. The molecule has 0 spiro atoms. The zero-order chi connectivity index (χ0) is 14.7. The van der Waals surface area contributed by atoms with Crippen LogP contribution < -0.4 is 0 Å². The van der Waals surface area contributed by atoms with E-state index >= 15 is 0 Å². The molecule has 0 aliphatic carbocycles. The highest BCUT2D eigenvalue weighted by Crippen LogP contribution is 2.38. The summed E-state index contributed by atoms with van der Waals surface area (Å²) in [4.78, 5) is 0. The minimum atomic E-state index is -0.187. The van der Waals surface area contributed by atoms with Gasteiger partial charge < -0.3 is 0 Å². The second-order valence-electron chi connectivity index (χ2n) is 5.36. The summed E-state index contributed by atoms with van der Waals surface area (Å²) in [6.45, 7) is 2.26. The van der Waals surface area contributed by atoms with Crippen LogP contribution >= 0.6 is 11.6 Å². The molecule has 0 aliphatic heterocycles. The predicted molar refractivity (Wildman–Crippen MR) is 89.9 cm³/mol. The van der Waals surface area contributed by atoms with Crippen LogP contribution in [0.5, 0.6) is 0 Å². The molecule has 0 aliphatic rings. The average Bonchev–Trinajstić information content (AvgIpc) is 2.56. The molecule has 0 nitrogen and oxygen atoms in total. The van der Waals surface area contributed by atoms with Gasteiger partial charge in [-0.05, 0) is 35.7 Å². The molecular weight excluding hydrogens is 276 g/mol.